The van der Waals surface area contributed by atoms with Crippen LogP contribution in [0.4, 0.5) is 5.69 Å². The Balaban J connectivity index is 0.000000774. The molecule has 2 aromatic heterocycles. The summed E-state index contributed by atoms with van der Waals surface area (Å²) < 4.78 is 1.82. The molecule has 2 aromatic rings. The molecule has 0 atom stereocenters. The first-order valence-electron chi connectivity index (χ1n) is 7.90. The molecule has 4 nitrogen and oxygen atoms in total. The second-order valence-corrected chi connectivity index (χ2v) is 5.49. The van der Waals surface area contributed by atoms with Crippen LogP contribution in [0.15, 0.2) is 24.7 Å². The first-order chi connectivity index (χ1) is 10.1. The van der Waals surface area contributed by atoms with Crippen molar-refractivity contribution in [3.8, 4) is 11.3 Å². The Kier molecular flexibility index (Phi) is 4.99. The summed E-state index contributed by atoms with van der Waals surface area (Å²) in [4.78, 5) is 7.06. The van der Waals surface area contributed by atoms with Gasteiger partial charge in [-0.15, -0.1) is 0 Å². The van der Waals surface area contributed by atoms with E-state index in [-0.39, 0.29) is 0 Å². The Morgan fingerprint density at radius 1 is 1.19 bits per heavy atom. The number of hydrogen-bond acceptors (Lipinski definition) is 3. The van der Waals surface area contributed by atoms with Gasteiger partial charge in [-0.3, -0.25) is 9.67 Å². The highest BCUT2D eigenvalue weighted by Gasteiger charge is 2.20. The largest absolute Gasteiger partial charge is 0.368 e. The van der Waals surface area contributed by atoms with E-state index in [0.29, 0.717) is 6.04 Å². The van der Waals surface area contributed by atoms with Gasteiger partial charge in [0.2, 0.25) is 0 Å². The van der Waals surface area contributed by atoms with E-state index < -0.39 is 0 Å². The monoisotopic (exact) mass is 286 g/mol. The third-order valence-electron chi connectivity index (χ3n) is 3.74. The molecule has 0 saturated heterocycles. The van der Waals surface area contributed by atoms with Crippen LogP contribution in [0.2, 0.25) is 0 Å². The lowest BCUT2D eigenvalue weighted by molar-refractivity contribution is 0.624. The molecule has 0 aliphatic carbocycles. The molecule has 4 heteroatoms. The topological polar surface area (TPSA) is 34.0 Å². The lowest BCUT2D eigenvalue weighted by Gasteiger charge is -2.34. The molecule has 0 saturated carbocycles. The molecule has 3 heterocycles. The van der Waals surface area contributed by atoms with E-state index in [9.17, 15) is 0 Å². The number of fused-ring (bicyclic) bond motifs is 1. The van der Waals surface area contributed by atoms with Gasteiger partial charge in [-0.1, -0.05) is 13.8 Å². The van der Waals surface area contributed by atoms with E-state index >= 15 is 0 Å². The lowest BCUT2D eigenvalue weighted by atomic mass is 10.0. The van der Waals surface area contributed by atoms with Crippen LogP contribution in [0.1, 0.15) is 39.7 Å². The summed E-state index contributed by atoms with van der Waals surface area (Å²) in [5.41, 5.74) is 4.83. The van der Waals surface area contributed by atoms with Crippen LogP contribution in [0, 0.1) is 0 Å². The van der Waals surface area contributed by atoms with Crippen molar-refractivity contribution in [2.24, 2.45) is 7.05 Å². The number of pyridine rings is 1. The molecular weight excluding hydrogens is 260 g/mol. The number of aryl methyl sites for hydroxylation is 2. The maximum absolute atomic E-state index is 4.61. The van der Waals surface area contributed by atoms with E-state index in [1.54, 1.807) is 0 Å². The molecule has 1 aliphatic rings. The molecule has 0 unspecified atom stereocenters. The van der Waals surface area contributed by atoms with Crippen LogP contribution < -0.4 is 4.90 Å². The number of rotatable bonds is 2. The van der Waals surface area contributed by atoms with Crippen LogP contribution in [0.5, 0.6) is 0 Å². The standard InChI is InChI=1S/C15H20N4.C2H6/c1-11(2)19-6-4-5-12-7-14(16-9-15(12)19)13-8-17-18(3)10-13;1-2/h7-11H,4-6H2,1-3H3;1-2H3. The van der Waals surface area contributed by atoms with Crippen molar-refractivity contribution in [3.63, 3.8) is 0 Å². The summed E-state index contributed by atoms with van der Waals surface area (Å²) >= 11 is 0. The van der Waals surface area contributed by atoms with Crippen LogP contribution in [-0.4, -0.2) is 27.4 Å². The second kappa shape index (κ2) is 6.74. The van der Waals surface area contributed by atoms with Crippen LogP contribution in [0.25, 0.3) is 11.3 Å². The Hall–Kier alpha value is -1.84. The summed E-state index contributed by atoms with van der Waals surface area (Å²) in [6.45, 7) is 9.62. The van der Waals surface area contributed by atoms with Crippen LogP contribution >= 0.6 is 0 Å². The predicted octanol–water partition coefficient (Wildman–Crippen LogP) is 3.67. The Morgan fingerprint density at radius 2 is 1.95 bits per heavy atom. The molecule has 0 bridgehead atoms. The fourth-order valence-electron chi connectivity index (χ4n) is 2.76. The second-order valence-electron chi connectivity index (χ2n) is 5.49. The maximum Gasteiger partial charge on any atom is 0.0737 e. The molecule has 0 fully saturated rings. The molecule has 114 valence electrons. The van der Waals surface area contributed by atoms with Gasteiger partial charge in [0.05, 0.1) is 23.8 Å². The highest BCUT2D eigenvalue weighted by Crippen LogP contribution is 2.30. The maximum atomic E-state index is 4.61. The molecule has 1 aliphatic heterocycles. The minimum absolute atomic E-state index is 0.532. The lowest BCUT2D eigenvalue weighted by Crippen LogP contribution is -2.35. The van der Waals surface area contributed by atoms with Crippen molar-refractivity contribution in [1.29, 1.82) is 0 Å². The third kappa shape index (κ3) is 3.26. The van der Waals surface area contributed by atoms with Gasteiger partial charge in [0.1, 0.15) is 0 Å². The van der Waals surface area contributed by atoms with Crippen LogP contribution in [-0.2, 0) is 13.5 Å². The number of anilines is 1. The van der Waals surface area contributed by atoms with Gasteiger partial charge in [-0.25, -0.2) is 0 Å². The van der Waals surface area contributed by atoms with Gasteiger partial charge < -0.3 is 4.90 Å². The van der Waals surface area contributed by atoms with Gasteiger partial charge in [0.25, 0.3) is 0 Å². The van der Waals surface area contributed by atoms with E-state index in [2.05, 4.69) is 34.9 Å². The smallest absolute Gasteiger partial charge is 0.0737 e. The Labute approximate surface area is 127 Å². The molecular formula is C17H26N4. The average molecular weight is 286 g/mol. The zero-order chi connectivity index (χ0) is 15.4. The van der Waals surface area contributed by atoms with E-state index in [1.807, 2.05) is 44.2 Å². The first kappa shape index (κ1) is 15.5. The molecule has 0 radical (unpaired) electrons. The molecule has 21 heavy (non-hydrogen) atoms. The molecule has 0 spiro atoms. The van der Waals surface area contributed by atoms with Gasteiger partial charge >= 0.3 is 0 Å². The van der Waals surface area contributed by atoms with E-state index in [4.69, 9.17) is 0 Å². The zero-order valence-corrected chi connectivity index (χ0v) is 13.8. The molecule has 3 rings (SSSR count). The minimum atomic E-state index is 0.532. The van der Waals surface area contributed by atoms with Gasteiger partial charge in [0.15, 0.2) is 0 Å². The zero-order valence-electron chi connectivity index (χ0n) is 13.8. The van der Waals surface area contributed by atoms with E-state index in [0.717, 1.165) is 24.2 Å². The minimum Gasteiger partial charge on any atom is -0.368 e. The van der Waals surface area contributed by atoms with Crippen molar-refractivity contribution in [1.82, 2.24) is 14.8 Å². The predicted molar refractivity (Wildman–Crippen MR) is 88.6 cm³/mol. The highest BCUT2D eigenvalue weighted by atomic mass is 15.2. The summed E-state index contributed by atoms with van der Waals surface area (Å²) in [7, 11) is 1.93. The SMILES string of the molecule is CC.CC(C)N1CCCc2cc(-c3cnn(C)c3)ncc21. The third-order valence-corrected chi connectivity index (χ3v) is 3.74. The summed E-state index contributed by atoms with van der Waals surface area (Å²) in [5, 5.41) is 4.21. The fourth-order valence-corrected chi connectivity index (χ4v) is 2.76. The molecule has 0 aromatic carbocycles. The Morgan fingerprint density at radius 3 is 2.57 bits per heavy atom. The number of nitrogens with zero attached hydrogens (tertiary/aromatic N) is 4. The molecule has 0 amide bonds. The number of hydrogen-bond donors (Lipinski definition) is 0. The number of aromatic nitrogens is 3. The normalized spacial score (nSPS) is 13.7. The van der Waals surface area contributed by atoms with Crippen LogP contribution in [0.3, 0.4) is 0 Å². The van der Waals surface area contributed by atoms with Crippen molar-refractivity contribution in [3.05, 3.63) is 30.2 Å². The van der Waals surface area contributed by atoms with Gasteiger partial charge in [0, 0.05) is 31.4 Å². The average Bonchev–Trinajstić information content (AvgIpc) is 2.94. The quantitative estimate of drug-likeness (QED) is 0.844. The highest BCUT2D eigenvalue weighted by molar-refractivity contribution is 5.64. The summed E-state index contributed by atoms with van der Waals surface area (Å²) in [6, 6.07) is 2.76. The molecule has 0 N–H and O–H groups in total. The van der Waals surface area contributed by atoms with Gasteiger partial charge in [-0.05, 0) is 38.3 Å². The van der Waals surface area contributed by atoms with E-state index in [1.165, 1.54) is 17.7 Å². The summed E-state index contributed by atoms with van der Waals surface area (Å²) in [6.07, 6.45) is 8.28. The van der Waals surface area contributed by atoms with Gasteiger partial charge in [-0.2, -0.15) is 5.10 Å². The first-order valence-corrected chi connectivity index (χ1v) is 7.90. The summed E-state index contributed by atoms with van der Waals surface area (Å²) in [5.74, 6) is 0. The van der Waals surface area contributed by atoms with Crippen molar-refractivity contribution in [2.45, 2.75) is 46.6 Å². The Bertz CT molecular complexity index is 586. The van der Waals surface area contributed by atoms with Crippen molar-refractivity contribution >= 4 is 5.69 Å². The van der Waals surface area contributed by atoms with Crippen molar-refractivity contribution < 1.29 is 0 Å². The fraction of sp³-hybridized carbons (Fsp3) is 0.529. The van der Waals surface area contributed by atoms with Crippen molar-refractivity contribution in [2.75, 3.05) is 11.4 Å².